The first-order valence-corrected chi connectivity index (χ1v) is 5.88. The fourth-order valence-electron chi connectivity index (χ4n) is 1.45. The summed E-state index contributed by atoms with van der Waals surface area (Å²) in [7, 11) is 0. The first-order chi connectivity index (χ1) is 8.10. The highest BCUT2D eigenvalue weighted by atomic mass is 35.5. The Balaban J connectivity index is 2.28. The van der Waals surface area contributed by atoms with Crippen LogP contribution in [-0.2, 0) is 11.2 Å². The summed E-state index contributed by atoms with van der Waals surface area (Å²) in [6.07, 6.45) is 0.745. The van der Waals surface area contributed by atoms with E-state index in [0.717, 1.165) is 17.5 Å². The van der Waals surface area contributed by atoms with E-state index in [1.807, 2.05) is 6.92 Å². The average molecular weight is 253 g/mol. The van der Waals surface area contributed by atoms with Crippen molar-refractivity contribution in [3.05, 3.63) is 24.1 Å². The third-order valence-corrected chi connectivity index (χ3v) is 2.56. The van der Waals surface area contributed by atoms with E-state index in [9.17, 15) is 4.79 Å². The number of hydrogen-bond acceptors (Lipinski definition) is 3. The number of nitrogens with zero attached hydrogens (tertiary/aromatic N) is 1. The summed E-state index contributed by atoms with van der Waals surface area (Å²) in [6, 6.07) is 5.33. The van der Waals surface area contributed by atoms with Crippen LogP contribution in [0.25, 0.3) is 11.1 Å². The lowest BCUT2D eigenvalue weighted by molar-refractivity contribution is -0.115. The van der Waals surface area contributed by atoms with E-state index < -0.39 is 5.38 Å². The second-order valence-corrected chi connectivity index (χ2v) is 4.40. The van der Waals surface area contributed by atoms with E-state index >= 15 is 0 Å². The van der Waals surface area contributed by atoms with Crippen molar-refractivity contribution in [2.45, 2.75) is 25.6 Å². The van der Waals surface area contributed by atoms with E-state index in [1.54, 1.807) is 25.1 Å². The number of carbonyl (C=O) groups is 1. The molecule has 1 unspecified atom stereocenters. The Kier molecular flexibility index (Phi) is 3.33. The summed E-state index contributed by atoms with van der Waals surface area (Å²) < 4.78 is 5.47. The van der Waals surface area contributed by atoms with E-state index in [1.165, 1.54) is 0 Å². The number of nitrogens with one attached hydrogen (secondary N) is 1. The van der Waals surface area contributed by atoms with Crippen LogP contribution in [-0.4, -0.2) is 16.3 Å². The molecule has 0 aliphatic heterocycles. The first kappa shape index (κ1) is 11.9. The number of aromatic nitrogens is 1. The number of anilines is 1. The summed E-state index contributed by atoms with van der Waals surface area (Å²) >= 11 is 5.68. The van der Waals surface area contributed by atoms with Crippen molar-refractivity contribution in [2.24, 2.45) is 0 Å². The molecular weight excluding hydrogens is 240 g/mol. The molecule has 4 nitrogen and oxygen atoms in total. The standard InChI is InChI=1S/C12H13ClN2O2/c1-3-11-15-9-6-8(4-5-10(9)17-11)14-12(16)7(2)13/h4-7H,3H2,1-2H3,(H,14,16). The van der Waals surface area contributed by atoms with E-state index in [-0.39, 0.29) is 5.91 Å². The summed E-state index contributed by atoms with van der Waals surface area (Å²) in [5.41, 5.74) is 2.13. The molecular formula is C12H13ClN2O2. The summed E-state index contributed by atoms with van der Waals surface area (Å²) in [4.78, 5) is 15.7. The van der Waals surface area contributed by atoms with Crippen molar-refractivity contribution >= 4 is 34.3 Å². The van der Waals surface area contributed by atoms with Gasteiger partial charge in [0.15, 0.2) is 11.5 Å². The van der Waals surface area contributed by atoms with Crippen LogP contribution >= 0.6 is 11.6 Å². The quantitative estimate of drug-likeness (QED) is 0.855. The summed E-state index contributed by atoms with van der Waals surface area (Å²) in [6.45, 7) is 3.60. The van der Waals surface area contributed by atoms with E-state index in [2.05, 4.69) is 10.3 Å². The third-order valence-electron chi connectivity index (χ3n) is 2.36. The van der Waals surface area contributed by atoms with Crippen LogP contribution in [0.3, 0.4) is 0 Å². The van der Waals surface area contributed by atoms with Gasteiger partial charge in [0.2, 0.25) is 5.91 Å². The van der Waals surface area contributed by atoms with Gasteiger partial charge in [-0.25, -0.2) is 4.98 Å². The molecule has 1 heterocycles. The van der Waals surface area contributed by atoms with E-state index in [0.29, 0.717) is 11.6 Å². The van der Waals surface area contributed by atoms with Gasteiger partial charge in [-0.3, -0.25) is 4.79 Å². The largest absolute Gasteiger partial charge is 0.441 e. The lowest BCUT2D eigenvalue weighted by Crippen LogP contribution is -2.20. The van der Waals surface area contributed by atoms with Crippen LogP contribution < -0.4 is 5.32 Å². The lowest BCUT2D eigenvalue weighted by Gasteiger charge is -2.05. The van der Waals surface area contributed by atoms with Crippen LogP contribution in [0.4, 0.5) is 5.69 Å². The monoisotopic (exact) mass is 252 g/mol. The van der Waals surface area contributed by atoms with Gasteiger partial charge >= 0.3 is 0 Å². The molecule has 2 aromatic rings. The van der Waals surface area contributed by atoms with Gasteiger partial charge in [0.1, 0.15) is 10.9 Å². The predicted molar refractivity (Wildman–Crippen MR) is 67.3 cm³/mol. The number of amides is 1. The molecule has 0 fully saturated rings. The third kappa shape index (κ3) is 2.58. The van der Waals surface area contributed by atoms with Crippen molar-refractivity contribution < 1.29 is 9.21 Å². The van der Waals surface area contributed by atoms with Crippen LogP contribution in [0.2, 0.25) is 0 Å². The molecule has 5 heteroatoms. The molecule has 0 bridgehead atoms. The highest BCUT2D eigenvalue weighted by molar-refractivity contribution is 6.32. The zero-order chi connectivity index (χ0) is 12.4. The van der Waals surface area contributed by atoms with Gasteiger partial charge in [0, 0.05) is 12.1 Å². The van der Waals surface area contributed by atoms with Gasteiger partial charge in [0.25, 0.3) is 0 Å². The molecule has 0 radical (unpaired) electrons. The van der Waals surface area contributed by atoms with Crippen molar-refractivity contribution in [1.82, 2.24) is 4.98 Å². The minimum atomic E-state index is -0.561. The van der Waals surface area contributed by atoms with Crippen LogP contribution in [0, 0.1) is 0 Å². The van der Waals surface area contributed by atoms with Crippen LogP contribution in [0.15, 0.2) is 22.6 Å². The van der Waals surface area contributed by atoms with E-state index in [4.69, 9.17) is 16.0 Å². The molecule has 0 aliphatic carbocycles. The van der Waals surface area contributed by atoms with Gasteiger partial charge in [-0.2, -0.15) is 0 Å². The maximum Gasteiger partial charge on any atom is 0.242 e. The van der Waals surface area contributed by atoms with Crippen LogP contribution in [0.1, 0.15) is 19.7 Å². The number of fused-ring (bicyclic) bond motifs is 1. The number of oxazole rings is 1. The number of rotatable bonds is 3. The minimum absolute atomic E-state index is 0.231. The number of hydrogen-bond donors (Lipinski definition) is 1. The first-order valence-electron chi connectivity index (χ1n) is 5.44. The van der Waals surface area contributed by atoms with Crippen molar-refractivity contribution in [1.29, 1.82) is 0 Å². The maximum atomic E-state index is 11.4. The lowest BCUT2D eigenvalue weighted by atomic mass is 10.3. The molecule has 0 saturated heterocycles. The Morgan fingerprint density at radius 2 is 2.35 bits per heavy atom. The van der Waals surface area contributed by atoms with Gasteiger partial charge < -0.3 is 9.73 Å². The number of benzene rings is 1. The molecule has 1 atom stereocenters. The highest BCUT2D eigenvalue weighted by Crippen LogP contribution is 2.20. The molecule has 2 rings (SSSR count). The molecule has 0 spiro atoms. The van der Waals surface area contributed by atoms with Crippen molar-refractivity contribution in [2.75, 3.05) is 5.32 Å². The number of alkyl halides is 1. The Labute approximate surface area is 104 Å². The van der Waals surface area contributed by atoms with Crippen molar-refractivity contribution in [3.63, 3.8) is 0 Å². The zero-order valence-corrected chi connectivity index (χ0v) is 10.4. The fraction of sp³-hybridized carbons (Fsp3) is 0.333. The highest BCUT2D eigenvalue weighted by Gasteiger charge is 2.10. The predicted octanol–water partition coefficient (Wildman–Crippen LogP) is 2.96. The normalized spacial score (nSPS) is 12.6. The van der Waals surface area contributed by atoms with Crippen LogP contribution in [0.5, 0.6) is 0 Å². The van der Waals surface area contributed by atoms with Gasteiger partial charge in [-0.05, 0) is 25.1 Å². The minimum Gasteiger partial charge on any atom is -0.441 e. The van der Waals surface area contributed by atoms with Gasteiger partial charge in [-0.15, -0.1) is 11.6 Å². The fourth-order valence-corrected chi connectivity index (χ4v) is 1.50. The maximum absolute atomic E-state index is 11.4. The van der Waals surface area contributed by atoms with Gasteiger partial charge in [-0.1, -0.05) is 6.92 Å². The molecule has 1 aromatic heterocycles. The average Bonchev–Trinajstić information content (AvgIpc) is 2.70. The second kappa shape index (κ2) is 4.75. The molecule has 0 saturated carbocycles. The number of aryl methyl sites for hydroxylation is 1. The molecule has 0 aliphatic rings. The van der Waals surface area contributed by atoms with Gasteiger partial charge in [0.05, 0.1) is 0 Å². The zero-order valence-electron chi connectivity index (χ0n) is 9.66. The molecule has 17 heavy (non-hydrogen) atoms. The van der Waals surface area contributed by atoms with Crippen molar-refractivity contribution in [3.8, 4) is 0 Å². The molecule has 90 valence electrons. The Bertz CT molecular complexity index is 548. The number of carbonyl (C=O) groups excluding carboxylic acids is 1. The SMILES string of the molecule is CCc1nc2cc(NC(=O)C(C)Cl)ccc2o1. The molecule has 1 aromatic carbocycles. The molecule has 1 N–H and O–H groups in total. The summed E-state index contributed by atoms with van der Waals surface area (Å²) in [5.74, 6) is 0.458. The Morgan fingerprint density at radius 1 is 1.59 bits per heavy atom. The second-order valence-electron chi connectivity index (χ2n) is 3.75. The molecule has 1 amide bonds. The Morgan fingerprint density at radius 3 is 3.00 bits per heavy atom. The Hall–Kier alpha value is -1.55. The topological polar surface area (TPSA) is 55.1 Å². The summed E-state index contributed by atoms with van der Waals surface area (Å²) in [5, 5.41) is 2.15. The number of halogens is 1. The smallest absolute Gasteiger partial charge is 0.242 e.